The Hall–Kier alpha value is -0.0400. The number of rotatable bonds is 6. The highest BCUT2D eigenvalue weighted by Crippen LogP contribution is 2.30. The Labute approximate surface area is 109 Å². The van der Waals surface area contributed by atoms with E-state index in [1.165, 1.54) is 45.3 Å². The Kier molecular flexibility index (Phi) is 6.54. The van der Waals surface area contributed by atoms with Crippen LogP contribution in [0.1, 0.15) is 60.3 Å². The van der Waals surface area contributed by atoms with E-state index in [2.05, 4.69) is 39.5 Å². The van der Waals surface area contributed by atoms with E-state index >= 15 is 0 Å². The van der Waals surface area contributed by atoms with Crippen molar-refractivity contribution >= 4 is 0 Å². The molecule has 0 saturated carbocycles. The summed E-state index contributed by atoms with van der Waals surface area (Å²) in [5, 5.41) is 0. The molecule has 1 saturated heterocycles. The van der Waals surface area contributed by atoms with Crippen molar-refractivity contribution in [3.63, 3.8) is 0 Å². The summed E-state index contributed by atoms with van der Waals surface area (Å²) < 4.78 is 0. The normalized spacial score (nSPS) is 26.1. The van der Waals surface area contributed by atoms with Gasteiger partial charge in [-0.2, -0.15) is 0 Å². The van der Waals surface area contributed by atoms with Crippen LogP contribution in [0.3, 0.4) is 0 Å². The average molecular weight is 239 g/mol. The fourth-order valence-electron chi connectivity index (χ4n) is 3.13. The lowest BCUT2D eigenvalue weighted by Crippen LogP contribution is -2.38. The Bertz CT molecular complexity index is 198. The largest absolute Gasteiger partial charge is 0.303 e. The molecule has 0 bridgehead atoms. The van der Waals surface area contributed by atoms with Gasteiger partial charge in [-0.15, -0.1) is 0 Å². The zero-order valence-corrected chi connectivity index (χ0v) is 12.7. The van der Waals surface area contributed by atoms with Gasteiger partial charge in [0.2, 0.25) is 0 Å². The summed E-state index contributed by atoms with van der Waals surface area (Å²) in [4.78, 5) is 2.69. The lowest BCUT2D eigenvalue weighted by Gasteiger charge is -2.37. The Morgan fingerprint density at radius 2 is 1.88 bits per heavy atom. The smallest absolute Gasteiger partial charge is 0.00122 e. The summed E-state index contributed by atoms with van der Waals surface area (Å²) in [6, 6.07) is 0. The second kappa shape index (κ2) is 7.41. The van der Waals surface area contributed by atoms with Gasteiger partial charge in [-0.3, -0.25) is 0 Å². The molecule has 1 aliphatic rings. The molecule has 0 spiro atoms. The lowest BCUT2D eigenvalue weighted by molar-refractivity contribution is 0.125. The van der Waals surface area contributed by atoms with Crippen molar-refractivity contribution in [2.24, 2.45) is 23.7 Å². The third-order valence-electron chi connectivity index (χ3n) is 4.77. The third-order valence-corrected chi connectivity index (χ3v) is 4.77. The highest BCUT2D eigenvalue weighted by molar-refractivity contribution is 4.78. The van der Waals surface area contributed by atoms with Gasteiger partial charge in [-0.25, -0.2) is 0 Å². The van der Waals surface area contributed by atoms with Crippen LogP contribution in [-0.2, 0) is 0 Å². The van der Waals surface area contributed by atoms with E-state index in [9.17, 15) is 0 Å². The molecule has 0 N–H and O–H groups in total. The first-order valence-electron chi connectivity index (χ1n) is 7.76. The summed E-state index contributed by atoms with van der Waals surface area (Å²) in [5.41, 5.74) is 0. The Morgan fingerprint density at radius 1 is 1.18 bits per heavy atom. The van der Waals surface area contributed by atoms with E-state index in [1.807, 2.05) is 0 Å². The molecule has 1 nitrogen and oxygen atoms in total. The molecule has 102 valence electrons. The zero-order valence-electron chi connectivity index (χ0n) is 12.7. The maximum Gasteiger partial charge on any atom is 0.00122 e. The first kappa shape index (κ1) is 15.0. The minimum Gasteiger partial charge on any atom is -0.303 e. The van der Waals surface area contributed by atoms with Gasteiger partial charge in [0.25, 0.3) is 0 Å². The van der Waals surface area contributed by atoms with Crippen molar-refractivity contribution in [1.82, 2.24) is 4.90 Å². The highest BCUT2D eigenvalue weighted by atomic mass is 15.1. The highest BCUT2D eigenvalue weighted by Gasteiger charge is 2.25. The van der Waals surface area contributed by atoms with E-state index in [0.29, 0.717) is 0 Å². The maximum atomic E-state index is 2.69. The summed E-state index contributed by atoms with van der Waals surface area (Å²) in [5.74, 6) is 3.59. The lowest BCUT2D eigenvalue weighted by atomic mass is 9.79. The van der Waals surface area contributed by atoms with Crippen LogP contribution < -0.4 is 0 Å². The van der Waals surface area contributed by atoms with E-state index in [4.69, 9.17) is 0 Å². The van der Waals surface area contributed by atoms with Crippen molar-refractivity contribution in [3.8, 4) is 0 Å². The van der Waals surface area contributed by atoms with E-state index < -0.39 is 0 Å². The molecule has 0 amide bonds. The molecular formula is C16H33N. The van der Waals surface area contributed by atoms with Crippen molar-refractivity contribution < 1.29 is 0 Å². The molecule has 3 atom stereocenters. The number of likely N-dealkylation sites (tertiary alicyclic amines) is 1. The van der Waals surface area contributed by atoms with Gasteiger partial charge < -0.3 is 4.90 Å². The molecule has 0 aliphatic carbocycles. The summed E-state index contributed by atoms with van der Waals surface area (Å²) in [6.45, 7) is 15.9. The topological polar surface area (TPSA) is 3.24 Å². The van der Waals surface area contributed by atoms with Gasteiger partial charge in [0.1, 0.15) is 0 Å². The van der Waals surface area contributed by atoms with E-state index in [0.717, 1.165) is 23.7 Å². The number of piperidine rings is 1. The van der Waals surface area contributed by atoms with E-state index in [1.54, 1.807) is 0 Å². The van der Waals surface area contributed by atoms with Crippen LogP contribution in [0.4, 0.5) is 0 Å². The van der Waals surface area contributed by atoms with Gasteiger partial charge >= 0.3 is 0 Å². The molecule has 1 heterocycles. The van der Waals surface area contributed by atoms with Gasteiger partial charge in [0.15, 0.2) is 0 Å². The van der Waals surface area contributed by atoms with Crippen molar-refractivity contribution in [2.45, 2.75) is 60.3 Å². The number of hydrogen-bond donors (Lipinski definition) is 0. The summed E-state index contributed by atoms with van der Waals surface area (Å²) >= 11 is 0. The van der Waals surface area contributed by atoms with Gasteiger partial charge in [-0.1, -0.05) is 34.6 Å². The molecule has 0 aromatic carbocycles. The van der Waals surface area contributed by atoms with Crippen molar-refractivity contribution in [1.29, 1.82) is 0 Å². The molecule has 17 heavy (non-hydrogen) atoms. The van der Waals surface area contributed by atoms with Crippen LogP contribution in [0.15, 0.2) is 0 Å². The molecule has 0 radical (unpaired) electrons. The minimum absolute atomic E-state index is 0.841. The SMILES string of the molecule is CCCN1CCCC(C(C)CC(C)C(C)C)C1. The predicted molar refractivity (Wildman–Crippen MR) is 77.2 cm³/mol. The standard InChI is InChI=1S/C16H33N/c1-6-9-17-10-7-8-16(12-17)15(5)11-14(4)13(2)3/h13-16H,6-12H2,1-5H3. The molecule has 1 fully saturated rings. The van der Waals surface area contributed by atoms with Gasteiger partial charge in [0, 0.05) is 6.54 Å². The van der Waals surface area contributed by atoms with Crippen molar-refractivity contribution in [3.05, 3.63) is 0 Å². The second-order valence-corrected chi connectivity index (χ2v) is 6.64. The first-order chi connectivity index (χ1) is 8.04. The average Bonchev–Trinajstić information content (AvgIpc) is 2.29. The molecule has 0 aromatic rings. The van der Waals surface area contributed by atoms with Crippen LogP contribution in [-0.4, -0.2) is 24.5 Å². The minimum atomic E-state index is 0.841. The monoisotopic (exact) mass is 239 g/mol. The number of nitrogens with zero attached hydrogens (tertiary/aromatic N) is 1. The fraction of sp³-hybridized carbons (Fsp3) is 1.00. The second-order valence-electron chi connectivity index (χ2n) is 6.64. The molecule has 3 unspecified atom stereocenters. The summed E-state index contributed by atoms with van der Waals surface area (Å²) in [6.07, 6.45) is 5.61. The van der Waals surface area contributed by atoms with Crippen LogP contribution in [0.5, 0.6) is 0 Å². The zero-order chi connectivity index (χ0) is 12.8. The Morgan fingerprint density at radius 3 is 2.47 bits per heavy atom. The predicted octanol–water partition coefficient (Wildman–Crippen LogP) is 4.43. The molecule has 0 aromatic heterocycles. The quantitative estimate of drug-likeness (QED) is 0.663. The van der Waals surface area contributed by atoms with Gasteiger partial charge in [0.05, 0.1) is 0 Å². The van der Waals surface area contributed by atoms with Crippen LogP contribution in [0, 0.1) is 23.7 Å². The van der Waals surface area contributed by atoms with E-state index in [-0.39, 0.29) is 0 Å². The number of hydrogen-bond acceptors (Lipinski definition) is 1. The molecule has 1 rings (SSSR count). The maximum absolute atomic E-state index is 2.69. The van der Waals surface area contributed by atoms with Crippen LogP contribution in [0.25, 0.3) is 0 Å². The Balaban J connectivity index is 2.37. The molecule has 1 heteroatoms. The molecule has 1 aliphatic heterocycles. The van der Waals surface area contributed by atoms with Gasteiger partial charge in [-0.05, 0) is 62.4 Å². The third kappa shape index (κ3) is 4.99. The summed E-state index contributed by atoms with van der Waals surface area (Å²) in [7, 11) is 0. The van der Waals surface area contributed by atoms with Crippen LogP contribution >= 0.6 is 0 Å². The van der Waals surface area contributed by atoms with Crippen molar-refractivity contribution in [2.75, 3.05) is 19.6 Å². The van der Waals surface area contributed by atoms with Crippen LogP contribution in [0.2, 0.25) is 0 Å². The first-order valence-corrected chi connectivity index (χ1v) is 7.76. The molecular weight excluding hydrogens is 206 g/mol. The fourth-order valence-corrected chi connectivity index (χ4v) is 3.13.